The molecule has 0 saturated heterocycles. The maximum absolute atomic E-state index is 2.66. The summed E-state index contributed by atoms with van der Waals surface area (Å²) in [7, 11) is 0. The van der Waals surface area contributed by atoms with Gasteiger partial charge in [-0.3, -0.25) is 0 Å². The Labute approximate surface area is 170 Å². The van der Waals surface area contributed by atoms with E-state index in [1.807, 2.05) is 0 Å². The van der Waals surface area contributed by atoms with Crippen molar-refractivity contribution in [3.05, 3.63) is 91.0 Å². The molecule has 1 fully saturated rings. The molecule has 0 aliphatic heterocycles. The van der Waals surface area contributed by atoms with Crippen LogP contribution >= 0.6 is 6.60 Å². The van der Waals surface area contributed by atoms with Crippen molar-refractivity contribution in [2.45, 2.75) is 50.6 Å². The Kier molecular flexibility index (Phi) is 5.70. The number of hydrogen-bond donors (Lipinski definition) is 0. The van der Waals surface area contributed by atoms with Crippen LogP contribution in [0, 0.1) is 0 Å². The first-order valence-electron chi connectivity index (χ1n) is 10.9. The molecule has 3 aromatic carbocycles. The predicted molar refractivity (Wildman–Crippen MR) is 127 cm³/mol. The maximum atomic E-state index is 2.66. The van der Waals surface area contributed by atoms with Gasteiger partial charge in [0, 0.05) is 0 Å². The van der Waals surface area contributed by atoms with Gasteiger partial charge >= 0.3 is 171 Å². The summed E-state index contributed by atoms with van der Waals surface area (Å²) in [6.45, 7) is 0.0672. The van der Waals surface area contributed by atoms with Crippen LogP contribution < -0.4 is 15.9 Å². The fraction of sp³-hybridized carbons (Fsp3) is 0.333. The van der Waals surface area contributed by atoms with Crippen LogP contribution in [0.4, 0.5) is 0 Å². The van der Waals surface area contributed by atoms with E-state index >= 15 is 0 Å². The molecule has 0 amide bonds. The summed E-state index contributed by atoms with van der Waals surface area (Å²) in [6.07, 6.45) is 9.60. The van der Waals surface area contributed by atoms with Crippen LogP contribution in [0.25, 0.3) is 0 Å². The third kappa shape index (κ3) is 3.13. The van der Waals surface area contributed by atoms with E-state index in [4.69, 9.17) is 0 Å². The van der Waals surface area contributed by atoms with E-state index in [0.717, 1.165) is 0 Å². The first-order chi connectivity index (χ1) is 13.7. The second-order valence-electron chi connectivity index (χ2n) is 8.66. The van der Waals surface area contributed by atoms with Gasteiger partial charge in [0.15, 0.2) is 0 Å². The Morgan fingerprint density at radius 2 is 0.821 bits per heavy atom. The van der Waals surface area contributed by atoms with Crippen molar-refractivity contribution in [3.63, 3.8) is 0 Å². The second-order valence-corrected chi connectivity index (χ2v) is 14.2. The second kappa shape index (κ2) is 8.22. The number of rotatable bonds is 4. The quantitative estimate of drug-likeness (QED) is 0.463. The summed E-state index contributed by atoms with van der Waals surface area (Å²) >= 11 is 0. The van der Waals surface area contributed by atoms with Crippen molar-refractivity contribution in [2.75, 3.05) is 6.66 Å². The van der Waals surface area contributed by atoms with Crippen LogP contribution in [-0.4, -0.2) is 12.3 Å². The van der Waals surface area contributed by atoms with E-state index in [0.29, 0.717) is 5.66 Å². The molecule has 1 aliphatic carbocycles. The summed E-state index contributed by atoms with van der Waals surface area (Å²) < 4.78 is 0. The molecule has 0 aromatic heterocycles. The molecule has 0 unspecified atom stereocenters. The number of benzene rings is 3. The third-order valence-electron chi connectivity index (χ3n) is 7.25. The first kappa shape index (κ1) is 19.4. The Morgan fingerprint density at radius 3 is 1.18 bits per heavy atom. The zero-order valence-corrected chi connectivity index (χ0v) is 18.0. The molecule has 3 aromatic rings. The van der Waals surface area contributed by atoms with Gasteiger partial charge in [0.25, 0.3) is 0 Å². The van der Waals surface area contributed by atoms with Gasteiger partial charge in [0.1, 0.15) is 0 Å². The average Bonchev–Trinajstić information content (AvgIpc) is 2.75. The Balaban J connectivity index is 2.06. The standard InChI is InChI=1S/C27H33P/c1-28(25-18-10-5-11-19-25,26-20-12-6-13-21-26,27-22-14-7-15-23-27)24-16-8-3-2-4-9-17-24/h5-7,10-15,18-24H,2-4,8-9,16-17H2,1H3. The predicted octanol–water partition coefficient (Wildman–Crippen LogP) is 6.26. The van der Waals surface area contributed by atoms with Crippen molar-refractivity contribution in [3.8, 4) is 0 Å². The van der Waals surface area contributed by atoms with Gasteiger partial charge < -0.3 is 0 Å². The summed E-state index contributed by atoms with van der Waals surface area (Å²) in [5.74, 6) is 0. The minimum atomic E-state index is -2.60. The molecular weight excluding hydrogens is 355 g/mol. The summed E-state index contributed by atoms with van der Waals surface area (Å²) in [5.41, 5.74) is 0.707. The SMILES string of the molecule is CP(c1ccccc1)(c1ccccc1)(c1ccccc1)C1CCCCCCC1. The molecule has 146 valence electrons. The van der Waals surface area contributed by atoms with Gasteiger partial charge in [0.2, 0.25) is 0 Å². The fourth-order valence-electron chi connectivity index (χ4n) is 5.60. The molecule has 0 radical (unpaired) electrons. The van der Waals surface area contributed by atoms with Crippen LogP contribution in [-0.2, 0) is 0 Å². The summed E-state index contributed by atoms with van der Waals surface area (Å²) in [6, 6.07) is 34.4. The molecular formula is C27H33P. The molecule has 0 spiro atoms. The minimum absolute atomic E-state index is 0.707. The molecule has 0 nitrogen and oxygen atoms in total. The molecule has 0 bridgehead atoms. The molecule has 1 aliphatic rings. The van der Waals surface area contributed by atoms with Crippen molar-refractivity contribution >= 4 is 22.5 Å². The van der Waals surface area contributed by atoms with E-state index in [1.54, 1.807) is 15.9 Å². The zero-order chi connectivity index (χ0) is 19.3. The molecule has 1 heteroatoms. The van der Waals surface area contributed by atoms with Crippen LogP contribution in [0.15, 0.2) is 91.0 Å². The fourth-order valence-corrected chi connectivity index (χ4v) is 12.2. The zero-order valence-electron chi connectivity index (χ0n) is 17.1. The van der Waals surface area contributed by atoms with Crippen LogP contribution in [0.3, 0.4) is 0 Å². The van der Waals surface area contributed by atoms with Crippen molar-refractivity contribution in [1.29, 1.82) is 0 Å². The van der Waals surface area contributed by atoms with Gasteiger partial charge in [-0.15, -0.1) is 0 Å². The normalized spacial score (nSPS) is 17.8. The average molecular weight is 389 g/mol. The first-order valence-corrected chi connectivity index (χ1v) is 13.7. The van der Waals surface area contributed by atoms with E-state index in [-0.39, 0.29) is 0 Å². The molecule has 28 heavy (non-hydrogen) atoms. The van der Waals surface area contributed by atoms with Crippen LogP contribution in [0.5, 0.6) is 0 Å². The molecule has 0 atom stereocenters. The van der Waals surface area contributed by atoms with Crippen molar-refractivity contribution < 1.29 is 0 Å². The summed E-state index contributed by atoms with van der Waals surface area (Å²) in [5, 5.41) is 4.66. The topological polar surface area (TPSA) is 0 Å². The van der Waals surface area contributed by atoms with E-state index in [9.17, 15) is 0 Å². The Bertz CT molecular complexity index is 762. The van der Waals surface area contributed by atoms with Crippen LogP contribution in [0.1, 0.15) is 44.9 Å². The van der Waals surface area contributed by atoms with E-state index < -0.39 is 6.60 Å². The van der Waals surface area contributed by atoms with E-state index in [1.165, 1.54) is 44.9 Å². The van der Waals surface area contributed by atoms with Crippen molar-refractivity contribution in [2.24, 2.45) is 0 Å². The van der Waals surface area contributed by atoms with Gasteiger partial charge in [-0.2, -0.15) is 0 Å². The molecule has 0 heterocycles. The molecule has 4 rings (SSSR count). The monoisotopic (exact) mass is 388 g/mol. The van der Waals surface area contributed by atoms with Gasteiger partial charge in [-0.25, -0.2) is 0 Å². The van der Waals surface area contributed by atoms with Crippen LogP contribution in [0.2, 0.25) is 0 Å². The third-order valence-corrected chi connectivity index (χ3v) is 14.5. The van der Waals surface area contributed by atoms with E-state index in [2.05, 4.69) is 97.7 Å². The molecule has 1 saturated carbocycles. The van der Waals surface area contributed by atoms with Gasteiger partial charge in [-0.05, 0) is 0 Å². The van der Waals surface area contributed by atoms with Gasteiger partial charge in [0.05, 0.1) is 0 Å². The van der Waals surface area contributed by atoms with Gasteiger partial charge in [-0.1, -0.05) is 0 Å². The Hall–Kier alpha value is -1.91. The number of hydrogen-bond acceptors (Lipinski definition) is 0. The van der Waals surface area contributed by atoms with Crippen molar-refractivity contribution in [1.82, 2.24) is 0 Å². The summed E-state index contributed by atoms with van der Waals surface area (Å²) in [4.78, 5) is 0. The molecule has 0 N–H and O–H groups in total. The Morgan fingerprint density at radius 1 is 0.500 bits per heavy atom.